The molecule has 5 amide bonds. The van der Waals surface area contributed by atoms with Crippen LogP contribution in [0.15, 0.2) is 12.5 Å². The van der Waals surface area contributed by atoms with E-state index in [0.717, 1.165) is 0 Å². The molecule has 0 radical (unpaired) electrons. The van der Waals surface area contributed by atoms with E-state index >= 15 is 0 Å². The first-order chi connectivity index (χ1) is 16.8. The Kier molecular flexibility index (Phi) is 12.0. The van der Waals surface area contributed by atoms with E-state index in [-0.39, 0.29) is 19.3 Å². The second-order valence-corrected chi connectivity index (χ2v) is 8.40. The van der Waals surface area contributed by atoms with Gasteiger partial charge in [0.05, 0.1) is 18.8 Å². The number of hydrogen-bond acceptors (Lipinski definition) is 8. The molecule has 0 saturated carbocycles. The Balaban J connectivity index is 2.97. The van der Waals surface area contributed by atoms with Crippen molar-refractivity contribution >= 4 is 35.5 Å². The van der Waals surface area contributed by atoms with Crippen LogP contribution in [0, 0.1) is 5.92 Å². The van der Waals surface area contributed by atoms with Crippen LogP contribution < -0.4 is 33.2 Å². The summed E-state index contributed by atoms with van der Waals surface area (Å²) in [5, 5.41) is 16.4. The van der Waals surface area contributed by atoms with E-state index in [4.69, 9.17) is 17.2 Å². The van der Waals surface area contributed by atoms with Crippen LogP contribution in [-0.4, -0.2) is 74.7 Å². The molecule has 0 bridgehead atoms. The Morgan fingerprint density at radius 2 is 1.64 bits per heavy atom. The maximum Gasteiger partial charge on any atom is 0.326 e. The molecule has 11 N–H and O–H groups in total. The first-order valence-electron chi connectivity index (χ1n) is 11.3. The average Bonchev–Trinajstić information content (AvgIpc) is 3.31. The molecule has 5 atom stereocenters. The molecule has 0 saturated heterocycles. The van der Waals surface area contributed by atoms with Crippen molar-refractivity contribution in [3.05, 3.63) is 18.2 Å². The van der Waals surface area contributed by atoms with Crippen molar-refractivity contribution in [2.45, 2.75) is 70.1 Å². The number of carbonyl (C=O) groups is 6. The highest BCUT2D eigenvalue weighted by molar-refractivity contribution is 5.96. The van der Waals surface area contributed by atoms with Crippen LogP contribution in [0.4, 0.5) is 0 Å². The monoisotopic (exact) mass is 510 g/mol. The van der Waals surface area contributed by atoms with Gasteiger partial charge in [-0.2, -0.15) is 0 Å². The summed E-state index contributed by atoms with van der Waals surface area (Å²) < 4.78 is 0. The minimum absolute atomic E-state index is 0.134. The van der Waals surface area contributed by atoms with E-state index in [1.165, 1.54) is 12.5 Å². The van der Waals surface area contributed by atoms with E-state index in [2.05, 4.69) is 25.9 Å². The number of nitrogens with one attached hydrogen (secondary N) is 4. The maximum absolute atomic E-state index is 13.1. The molecule has 15 heteroatoms. The van der Waals surface area contributed by atoms with Crippen LogP contribution in [0.25, 0.3) is 0 Å². The number of H-pyrrole nitrogens is 1. The smallest absolute Gasteiger partial charge is 0.326 e. The van der Waals surface area contributed by atoms with Crippen LogP contribution in [0.2, 0.25) is 0 Å². The number of aromatic amines is 1. The Hall–Kier alpha value is -4.01. The molecule has 0 aromatic carbocycles. The molecular weight excluding hydrogens is 476 g/mol. The first-order valence-corrected chi connectivity index (χ1v) is 11.3. The number of nitrogens with two attached hydrogens (primary N) is 3. The van der Waals surface area contributed by atoms with Gasteiger partial charge in [-0.1, -0.05) is 20.3 Å². The van der Waals surface area contributed by atoms with Crippen molar-refractivity contribution < 1.29 is 33.9 Å². The Morgan fingerprint density at radius 1 is 1.00 bits per heavy atom. The van der Waals surface area contributed by atoms with Gasteiger partial charge in [0, 0.05) is 24.7 Å². The number of amides is 5. The summed E-state index contributed by atoms with van der Waals surface area (Å²) in [5.74, 6) is -5.97. The van der Waals surface area contributed by atoms with E-state index < -0.39 is 72.0 Å². The predicted octanol–water partition coefficient (Wildman–Crippen LogP) is -2.99. The van der Waals surface area contributed by atoms with Gasteiger partial charge >= 0.3 is 5.97 Å². The molecule has 0 spiro atoms. The highest BCUT2D eigenvalue weighted by Crippen LogP contribution is 2.10. The number of hydrogen-bond donors (Lipinski definition) is 8. The molecule has 1 aromatic heterocycles. The molecule has 1 heterocycles. The number of nitrogens with zero attached hydrogens (tertiary/aromatic N) is 1. The van der Waals surface area contributed by atoms with E-state index in [1.807, 2.05) is 0 Å². The lowest BCUT2D eigenvalue weighted by Gasteiger charge is -2.27. The topological polar surface area (TPSA) is 265 Å². The Morgan fingerprint density at radius 3 is 2.14 bits per heavy atom. The molecule has 0 fully saturated rings. The fourth-order valence-electron chi connectivity index (χ4n) is 3.18. The number of imidazole rings is 1. The normalized spacial score (nSPS) is 15.0. The molecule has 0 aliphatic rings. The lowest BCUT2D eigenvalue weighted by molar-refractivity contribution is -0.142. The minimum Gasteiger partial charge on any atom is -0.480 e. The predicted molar refractivity (Wildman–Crippen MR) is 125 cm³/mol. The van der Waals surface area contributed by atoms with Crippen molar-refractivity contribution in [3.63, 3.8) is 0 Å². The Bertz CT molecular complexity index is 937. The fraction of sp³-hybridized carbons (Fsp3) is 0.571. The number of carbonyl (C=O) groups excluding carboxylic acids is 5. The highest BCUT2D eigenvalue weighted by Gasteiger charge is 2.33. The van der Waals surface area contributed by atoms with Gasteiger partial charge in [0.25, 0.3) is 0 Å². The number of primary amides is 2. The molecule has 36 heavy (non-hydrogen) atoms. The van der Waals surface area contributed by atoms with E-state index in [0.29, 0.717) is 12.1 Å². The lowest BCUT2D eigenvalue weighted by Crippen LogP contribution is -2.59. The lowest BCUT2D eigenvalue weighted by atomic mass is 9.97. The maximum atomic E-state index is 13.1. The third-order valence-electron chi connectivity index (χ3n) is 5.46. The number of rotatable bonds is 16. The molecule has 0 aliphatic carbocycles. The van der Waals surface area contributed by atoms with Crippen LogP contribution in [0.1, 0.15) is 45.2 Å². The van der Waals surface area contributed by atoms with Gasteiger partial charge in [0.2, 0.25) is 29.5 Å². The van der Waals surface area contributed by atoms with Gasteiger partial charge in [0.15, 0.2) is 0 Å². The summed E-state index contributed by atoms with van der Waals surface area (Å²) in [5.41, 5.74) is 16.8. The van der Waals surface area contributed by atoms with Crippen molar-refractivity contribution in [3.8, 4) is 0 Å². The average molecular weight is 511 g/mol. The molecule has 0 aliphatic heterocycles. The number of carboxylic acid groups (broad SMARTS) is 1. The second kappa shape index (κ2) is 14.4. The van der Waals surface area contributed by atoms with Crippen molar-refractivity contribution in [1.29, 1.82) is 0 Å². The summed E-state index contributed by atoms with van der Waals surface area (Å²) in [6.07, 6.45) is 2.29. The number of carboxylic acids is 1. The Labute approximate surface area is 207 Å². The van der Waals surface area contributed by atoms with Gasteiger partial charge < -0.3 is 43.2 Å². The third-order valence-corrected chi connectivity index (χ3v) is 5.46. The quantitative estimate of drug-likeness (QED) is 0.112. The molecule has 1 rings (SSSR count). The van der Waals surface area contributed by atoms with Crippen LogP contribution in [0.5, 0.6) is 0 Å². The van der Waals surface area contributed by atoms with Gasteiger partial charge in [-0.3, -0.25) is 24.0 Å². The summed E-state index contributed by atoms with van der Waals surface area (Å²) >= 11 is 0. The van der Waals surface area contributed by atoms with Crippen molar-refractivity contribution in [1.82, 2.24) is 25.9 Å². The zero-order valence-electron chi connectivity index (χ0n) is 20.2. The number of aliphatic carboxylic acids is 1. The van der Waals surface area contributed by atoms with Gasteiger partial charge in [-0.25, -0.2) is 9.78 Å². The fourth-order valence-corrected chi connectivity index (χ4v) is 3.18. The van der Waals surface area contributed by atoms with Crippen LogP contribution in [-0.2, 0) is 35.2 Å². The van der Waals surface area contributed by atoms with Gasteiger partial charge in [-0.15, -0.1) is 0 Å². The molecule has 200 valence electrons. The summed E-state index contributed by atoms with van der Waals surface area (Å²) in [4.78, 5) is 79.0. The molecule has 5 unspecified atom stereocenters. The minimum atomic E-state index is -1.53. The molecular formula is C21H34N8O7. The zero-order valence-corrected chi connectivity index (χ0v) is 20.2. The largest absolute Gasteiger partial charge is 0.480 e. The third kappa shape index (κ3) is 10.1. The van der Waals surface area contributed by atoms with Crippen LogP contribution >= 0.6 is 0 Å². The van der Waals surface area contributed by atoms with Gasteiger partial charge in [0.1, 0.15) is 18.1 Å². The van der Waals surface area contributed by atoms with Gasteiger partial charge in [-0.05, 0) is 12.3 Å². The summed E-state index contributed by atoms with van der Waals surface area (Å²) in [7, 11) is 0. The van der Waals surface area contributed by atoms with Crippen molar-refractivity contribution in [2.24, 2.45) is 23.1 Å². The molecule has 15 nitrogen and oxygen atoms in total. The first kappa shape index (κ1) is 30.0. The summed E-state index contributed by atoms with van der Waals surface area (Å²) in [6.45, 7) is 3.48. The highest BCUT2D eigenvalue weighted by atomic mass is 16.4. The van der Waals surface area contributed by atoms with Crippen molar-refractivity contribution in [2.75, 3.05) is 0 Å². The SMILES string of the molecule is CCC(C)C(NC(=O)C(N)Cc1cnc[nH]1)C(=O)NC(CC(N)=O)C(=O)NC(CCC(N)=O)C(=O)O. The summed E-state index contributed by atoms with van der Waals surface area (Å²) in [6, 6.07) is -5.16. The number of aromatic nitrogens is 2. The van der Waals surface area contributed by atoms with E-state index in [1.54, 1.807) is 13.8 Å². The van der Waals surface area contributed by atoms with E-state index in [9.17, 15) is 33.9 Å². The zero-order chi connectivity index (χ0) is 27.4. The standard InChI is InChI=1S/C21H34N8O7/c1-3-10(2)17(29-18(32)12(22)6-11-8-25-9-26-11)20(34)28-14(7-16(24)31)19(33)27-13(21(35)36)4-5-15(23)30/h8-10,12-14,17H,3-7,22H2,1-2H3,(H2,23,30)(H2,24,31)(H,25,26)(H,27,33)(H,28,34)(H,29,32)(H,35,36). The second-order valence-electron chi connectivity index (χ2n) is 8.40. The van der Waals surface area contributed by atoms with Crippen LogP contribution in [0.3, 0.4) is 0 Å². The molecule has 1 aromatic rings.